The zero-order valence-corrected chi connectivity index (χ0v) is 20.0. The van der Waals surface area contributed by atoms with Crippen molar-refractivity contribution in [2.75, 3.05) is 32.1 Å². The molecule has 35 heavy (non-hydrogen) atoms. The van der Waals surface area contributed by atoms with E-state index in [1.54, 1.807) is 0 Å². The molecule has 184 valence electrons. The Morgan fingerprint density at radius 1 is 0.914 bits per heavy atom. The van der Waals surface area contributed by atoms with E-state index in [4.69, 9.17) is 4.74 Å². The largest absolute Gasteiger partial charge is 0.452 e. The summed E-state index contributed by atoms with van der Waals surface area (Å²) in [6, 6.07) is 9.74. The fourth-order valence-electron chi connectivity index (χ4n) is 4.04. The molecule has 11 heteroatoms. The number of imide groups is 1. The molecule has 0 saturated carbocycles. The highest BCUT2D eigenvalue weighted by molar-refractivity contribution is 7.89. The first-order valence-corrected chi connectivity index (χ1v) is 12.7. The predicted molar refractivity (Wildman–Crippen MR) is 125 cm³/mol. The molecule has 10 nitrogen and oxygen atoms in total. The summed E-state index contributed by atoms with van der Waals surface area (Å²) in [5.41, 5.74) is 0.826. The van der Waals surface area contributed by atoms with Crippen LogP contribution in [0.25, 0.3) is 0 Å². The molecule has 2 heterocycles. The van der Waals surface area contributed by atoms with Gasteiger partial charge in [0, 0.05) is 25.8 Å². The van der Waals surface area contributed by atoms with Gasteiger partial charge in [0.25, 0.3) is 17.7 Å². The minimum atomic E-state index is -3.63. The van der Waals surface area contributed by atoms with Crippen LogP contribution in [0.2, 0.25) is 0 Å². The van der Waals surface area contributed by atoms with Gasteiger partial charge < -0.3 is 10.1 Å². The normalized spacial score (nSPS) is 16.5. The zero-order valence-electron chi connectivity index (χ0n) is 19.2. The summed E-state index contributed by atoms with van der Waals surface area (Å²) in [5, 5.41) is 2.52. The Balaban J connectivity index is 1.34. The summed E-state index contributed by atoms with van der Waals surface area (Å²) < 4.78 is 32.2. The minimum absolute atomic E-state index is 0.101. The van der Waals surface area contributed by atoms with Crippen LogP contribution in [-0.2, 0) is 19.6 Å². The number of fused-ring (bicyclic) bond motifs is 1. The van der Waals surface area contributed by atoms with Crippen LogP contribution in [0.5, 0.6) is 0 Å². The predicted octanol–water partition coefficient (Wildman–Crippen LogP) is 2.27. The Bertz CT molecular complexity index is 1280. The molecule has 0 aromatic heterocycles. The van der Waals surface area contributed by atoms with Gasteiger partial charge in [0.1, 0.15) is 0 Å². The first kappa shape index (κ1) is 24.6. The van der Waals surface area contributed by atoms with Crippen molar-refractivity contribution in [2.24, 2.45) is 0 Å². The lowest BCUT2D eigenvalue weighted by Crippen LogP contribution is -2.31. The van der Waals surface area contributed by atoms with E-state index >= 15 is 0 Å². The van der Waals surface area contributed by atoms with Crippen LogP contribution in [0.3, 0.4) is 0 Å². The maximum Gasteiger partial charge on any atom is 0.338 e. The van der Waals surface area contributed by atoms with Gasteiger partial charge in [-0.05, 0) is 55.3 Å². The van der Waals surface area contributed by atoms with Crippen LogP contribution in [0.1, 0.15) is 56.8 Å². The lowest BCUT2D eigenvalue weighted by molar-refractivity contribution is -0.119. The molecule has 2 aliphatic heterocycles. The van der Waals surface area contributed by atoms with E-state index < -0.39 is 40.3 Å². The average Bonchev–Trinajstić information content (AvgIpc) is 3.06. The van der Waals surface area contributed by atoms with E-state index in [0.717, 1.165) is 30.6 Å². The minimum Gasteiger partial charge on any atom is -0.452 e. The fourth-order valence-corrected chi connectivity index (χ4v) is 5.56. The number of nitrogens with zero attached hydrogens (tertiary/aromatic N) is 2. The molecule has 2 aromatic rings. The van der Waals surface area contributed by atoms with Crippen LogP contribution in [-0.4, -0.2) is 68.1 Å². The molecular formula is C24H25N3O7S. The molecule has 1 fully saturated rings. The quantitative estimate of drug-likeness (QED) is 0.477. The molecule has 4 rings (SSSR count). The highest BCUT2D eigenvalue weighted by Gasteiger charge is 2.33. The maximum absolute atomic E-state index is 12.9. The number of hydrogen-bond acceptors (Lipinski definition) is 7. The standard InChI is InChI=1S/C24H25N3O7S/c1-26-22(29)19-11-8-17(14-20(19)23(26)30)25-21(28)15-34-24(31)16-6-9-18(10-7-16)35(32,33)27-12-4-2-3-5-13-27/h6-11,14H,2-5,12-13,15H2,1H3,(H,25,28). The van der Waals surface area contributed by atoms with Gasteiger partial charge in [-0.3, -0.25) is 19.3 Å². The maximum atomic E-state index is 12.9. The van der Waals surface area contributed by atoms with Crippen molar-refractivity contribution in [1.29, 1.82) is 0 Å². The second-order valence-corrected chi connectivity index (χ2v) is 10.3. The van der Waals surface area contributed by atoms with Gasteiger partial charge in [0.15, 0.2) is 6.61 Å². The Morgan fingerprint density at radius 3 is 2.20 bits per heavy atom. The number of hydrogen-bond donors (Lipinski definition) is 1. The lowest BCUT2D eigenvalue weighted by Gasteiger charge is -2.19. The Labute approximate surface area is 202 Å². The summed E-state index contributed by atoms with van der Waals surface area (Å²) in [4.78, 5) is 49.7. The van der Waals surface area contributed by atoms with Gasteiger partial charge in [-0.1, -0.05) is 12.8 Å². The zero-order chi connectivity index (χ0) is 25.2. The first-order chi connectivity index (χ1) is 16.7. The molecule has 0 aliphatic carbocycles. The van der Waals surface area contributed by atoms with E-state index in [0.29, 0.717) is 13.1 Å². The number of benzene rings is 2. The SMILES string of the molecule is CN1C(=O)c2ccc(NC(=O)COC(=O)c3ccc(S(=O)(=O)N4CCCCCC4)cc3)cc2C1=O. The van der Waals surface area contributed by atoms with Crippen molar-refractivity contribution in [2.45, 2.75) is 30.6 Å². The van der Waals surface area contributed by atoms with E-state index in [9.17, 15) is 27.6 Å². The Hall–Kier alpha value is -3.57. The lowest BCUT2D eigenvalue weighted by atomic mass is 10.1. The van der Waals surface area contributed by atoms with Crippen molar-refractivity contribution >= 4 is 39.4 Å². The molecule has 0 spiro atoms. The van der Waals surface area contributed by atoms with Crippen LogP contribution in [0.15, 0.2) is 47.4 Å². The topological polar surface area (TPSA) is 130 Å². The molecule has 0 radical (unpaired) electrons. The second kappa shape index (κ2) is 9.96. The highest BCUT2D eigenvalue weighted by atomic mass is 32.2. The van der Waals surface area contributed by atoms with Gasteiger partial charge in [0.05, 0.1) is 21.6 Å². The molecule has 1 saturated heterocycles. The van der Waals surface area contributed by atoms with Crippen LogP contribution < -0.4 is 5.32 Å². The third kappa shape index (κ3) is 5.10. The van der Waals surface area contributed by atoms with Gasteiger partial charge in [-0.15, -0.1) is 0 Å². The van der Waals surface area contributed by atoms with Gasteiger partial charge in [-0.25, -0.2) is 13.2 Å². The van der Waals surface area contributed by atoms with Crippen molar-refractivity contribution in [3.8, 4) is 0 Å². The monoisotopic (exact) mass is 499 g/mol. The van der Waals surface area contributed by atoms with Crippen molar-refractivity contribution < 1.29 is 32.3 Å². The molecule has 2 aromatic carbocycles. The van der Waals surface area contributed by atoms with Crippen molar-refractivity contribution in [1.82, 2.24) is 9.21 Å². The van der Waals surface area contributed by atoms with Gasteiger partial charge >= 0.3 is 5.97 Å². The van der Waals surface area contributed by atoms with Gasteiger partial charge in [0.2, 0.25) is 10.0 Å². The number of amides is 3. The highest BCUT2D eigenvalue weighted by Crippen LogP contribution is 2.25. The molecular weight excluding hydrogens is 474 g/mol. The second-order valence-electron chi connectivity index (χ2n) is 8.40. The third-order valence-corrected chi connectivity index (χ3v) is 7.91. The van der Waals surface area contributed by atoms with Crippen LogP contribution in [0, 0.1) is 0 Å². The summed E-state index contributed by atoms with van der Waals surface area (Å²) in [5.74, 6) is -2.30. The van der Waals surface area contributed by atoms with Gasteiger partial charge in [-0.2, -0.15) is 4.31 Å². The number of carbonyl (C=O) groups is 4. The van der Waals surface area contributed by atoms with E-state index in [2.05, 4.69) is 5.32 Å². The first-order valence-electron chi connectivity index (χ1n) is 11.2. The number of esters is 1. The van der Waals surface area contributed by atoms with Crippen LogP contribution in [0.4, 0.5) is 5.69 Å². The Kier molecular flexibility index (Phi) is 6.99. The van der Waals surface area contributed by atoms with Crippen LogP contribution >= 0.6 is 0 Å². The molecule has 2 aliphatic rings. The summed E-state index contributed by atoms with van der Waals surface area (Å²) in [6.45, 7) is 0.371. The van der Waals surface area contributed by atoms with E-state index in [-0.39, 0.29) is 27.3 Å². The van der Waals surface area contributed by atoms with Crippen molar-refractivity contribution in [3.63, 3.8) is 0 Å². The molecule has 1 N–H and O–H groups in total. The molecule has 0 atom stereocenters. The summed E-state index contributed by atoms with van der Waals surface area (Å²) >= 11 is 0. The number of rotatable bonds is 6. The smallest absolute Gasteiger partial charge is 0.338 e. The summed E-state index contributed by atoms with van der Waals surface area (Å²) in [7, 11) is -2.26. The Morgan fingerprint density at radius 2 is 1.54 bits per heavy atom. The average molecular weight is 500 g/mol. The summed E-state index contributed by atoms with van der Waals surface area (Å²) in [6.07, 6.45) is 3.66. The molecule has 0 bridgehead atoms. The third-order valence-electron chi connectivity index (χ3n) is 6.00. The molecule has 0 unspecified atom stereocenters. The number of anilines is 1. The van der Waals surface area contributed by atoms with E-state index in [1.165, 1.54) is 53.8 Å². The van der Waals surface area contributed by atoms with E-state index in [1.807, 2.05) is 0 Å². The fraction of sp³-hybridized carbons (Fsp3) is 0.333. The number of carbonyl (C=O) groups excluding carboxylic acids is 4. The number of ether oxygens (including phenoxy) is 1. The van der Waals surface area contributed by atoms with Crippen molar-refractivity contribution in [3.05, 3.63) is 59.2 Å². The molecule has 3 amide bonds. The number of nitrogens with one attached hydrogen (secondary N) is 1. The number of sulfonamides is 1.